The minimum atomic E-state index is 0.191. The lowest BCUT2D eigenvalue weighted by Gasteiger charge is -2.15. The molecule has 0 N–H and O–H groups in total. The number of hydrogen-bond donors (Lipinski definition) is 0. The first kappa shape index (κ1) is 22.8. The average molecular weight is 449 g/mol. The van der Waals surface area contributed by atoms with Gasteiger partial charge < -0.3 is 9.47 Å². The predicted molar refractivity (Wildman–Crippen MR) is 131 cm³/mol. The second-order valence-electron chi connectivity index (χ2n) is 7.93. The molecular weight excluding hydrogens is 424 g/mol. The number of nitrogens with zero attached hydrogens (tertiary/aromatic N) is 2. The van der Waals surface area contributed by atoms with Crippen LogP contribution in [-0.4, -0.2) is 11.3 Å². The third kappa shape index (κ3) is 4.97. The molecule has 34 heavy (non-hydrogen) atoms. The maximum atomic E-state index is 11.5. The smallest absolute Gasteiger partial charge is 0.153 e. The minimum Gasteiger partial charge on any atom is -0.489 e. The van der Waals surface area contributed by atoms with Crippen molar-refractivity contribution in [3.63, 3.8) is 0 Å². The standard InChI is InChI=1S/C29H24N2O3/c1-20-25(14-30)15-31-16-26(20)19-34-29-13-27(12-11-23(29)17-32)33-18-24-9-6-10-28(21(24)2)22-7-4-3-5-8-22/h3-13,15-17H,18-19H2,1-2H3. The summed E-state index contributed by atoms with van der Waals surface area (Å²) in [5.41, 5.74) is 7.11. The Morgan fingerprint density at radius 1 is 0.882 bits per heavy atom. The number of ether oxygens (including phenoxy) is 2. The average Bonchev–Trinajstić information content (AvgIpc) is 2.88. The first-order valence-electron chi connectivity index (χ1n) is 10.9. The van der Waals surface area contributed by atoms with Crippen molar-refractivity contribution in [2.75, 3.05) is 0 Å². The molecular formula is C29H24N2O3. The van der Waals surface area contributed by atoms with Crippen LogP contribution in [0.1, 0.15) is 38.2 Å². The molecule has 1 heterocycles. The molecule has 0 aliphatic carbocycles. The van der Waals surface area contributed by atoms with Gasteiger partial charge in [-0.25, -0.2) is 0 Å². The van der Waals surface area contributed by atoms with E-state index in [0.717, 1.165) is 34.1 Å². The summed E-state index contributed by atoms with van der Waals surface area (Å²) in [7, 11) is 0. The molecule has 0 aliphatic rings. The Hall–Kier alpha value is -4.43. The third-order valence-corrected chi connectivity index (χ3v) is 5.86. The second-order valence-corrected chi connectivity index (χ2v) is 7.93. The summed E-state index contributed by atoms with van der Waals surface area (Å²) < 4.78 is 12.0. The topological polar surface area (TPSA) is 72.2 Å². The van der Waals surface area contributed by atoms with E-state index in [1.807, 2.05) is 31.2 Å². The van der Waals surface area contributed by atoms with E-state index in [-0.39, 0.29) is 6.61 Å². The van der Waals surface area contributed by atoms with E-state index < -0.39 is 0 Å². The van der Waals surface area contributed by atoms with Gasteiger partial charge in [0.2, 0.25) is 0 Å². The van der Waals surface area contributed by atoms with Crippen LogP contribution in [0, 0.1) is 25.2 Å². The fraction of sp³-hybridized carbons (Fsp3) is 0.138. The fourth-order valence-electron chi connectivity index (χ4n) is 3.74. The molecule has 0 fully saturated rings. The van der Waals surface area contributed by atoms with Crippen LogP contribution >= 0.6 is 0 Å². The maximum Gasteiger partial charge on any atom is 0.153 e. The fourth-order valence-corrected chi connectivity index (χ4v) is 3.74. The third-order valence-electron chi connectivity index (χ3n) is 5.86. The second kappa shape index (κ2) is 10.5. The molecule has 0 amide bonds. The van der Waals surface area contributed by atoms with E-state index in [9.17, 15) is 10.1 Å². The highest BCUT2D eigenvalue weighted by Crippen LogP contribution is 2.29. The molecule has 0 radical (unpaired) electrons. The molecule has 0 saturated heterocycles. The van der Waals surface area contributed by atoms with Crippen LogP contribution in [0.5, 0.6) is 11.5 Å². The summed E-state index contributed by atoms with van der Waals surface area (Å²) in [6, 6.07) is 23.7. The number of carbonyl (C=O) groups is 1. The van der Waals surface area contributed by atoms with Gasteiger partial charge in [-0.1, -0.05) is 48.5 Å². The SMILES string of the molecule is Cc1c(C#N)cncc1COc1cc(OCc2cccc(-c3ccccc3)c2C)ccc1C=O. The van der Waals surface area contributed by atoms with Crippen molar-refractivity contribution >= 4 is 6.29 Å². The molecule has 3 aromatic carbocycles. The highest BCUT2D eigenvalue weighted by molar-refractivity contribution is 5.79. The number of benzene rings is 3. The highest BCUT2D eigenvalue weighted by atomic mass is 16.5. The van der Waals surface area contributed by atoms with Gasteiger partial charge in [-0.3, -0.25) is 9.78 Å². The van der Waals surface area contributed by atoms with Gasteiger partial charge in [-0.05, 0) is 53.8 Å². The summed E-state index contributed by atoms with van der Waals surface area (Å²) in [6.45, 7) is 4.53. The van der Waals surface area contributed by atoms with Gasteiger partial charge in [0.15, 0.2) is 6.29 Å². The van der Waals surface area contributed by atoms with Crippen molar-refractivity contribution in [1.29, 1.82) is 5.26 Å². The van der Waals surface area contributed by atoms with Crippen LogP contribution in [0.3, 0.4) is 0 Å². The highest BCUT2D eigenvalue weighted by Gasteiger charge is 2.11. The van der Waals surface area contributed by atoms with Crippen LogP contribution in [0.15, 0.2) is 79.1 Å². The van der Waals surface area contributed by atoms with Crippen LogP contribution in [-0.2, 0) is 13.2 Å². The molecule has 4 rings (SSSR count). The Morgan fingerprint density at radius 3 is 2.44 bits per heavy atom. The molecule has 0 spiro atoms. The maximum absolute atomic E-state index is 11.5. The molecule has 0 unspecified atom stereocenters. The van der Waals surface area contributed by atoms with Crippen molar-refractivity contribution in [3.05, 3.63) is 113 Å². The van der Waals surface area contributed by atoms with Gasteiger partial charge >= 0.3 is 0 Å². The van der Waals surface area contributed by atoms with Gasteiger partial charge in [-0.15, -0.1) is 0 Å². The van der Waals surface area contributed by atoms with Crippen LogP contribution in [0.4, 0.5) is 0 Å². The zero-order chi connectivity index (χ0) is 23.9. The van der Waals surface area contributed by atoms with Gasteiger partial charge in [0.25, 0.3) is 0 Å². The van der Waals surface area contributed by atoms with E-state index in [2.05, 4.69) is 42.2 Å². The Balaban J connectivity index is 1.51. The molecule has 0 bridgehead atoms. The summed E-state index contributed by atoms with van der Waals surface area (Å²) in [4.78, 5) is 15.6. The van der Waals surface area contributed by atoms with Crippen LogP contribution < -0.4 is 9.47 Å². The minimum absolute atomic E-state index is 0.191. The van der Waals surface area contributed by atoms with Crippen molar-refractivity contribution in [2.24, 2.45) is 0 Å². The summed E-state index contributed by atoms with van der Waals surface area (Å²) in [5.74, 6) is 1.02. The van der Waals surface area contributed by atoms with E-state index in [1.54, 1.807) is 24.4 Å². The molecule has 5 heteroatoms. The van der Waals surface area contributed by atoms with Gasteiger partial charge in [-0.2, -0.15) is 5.26 Å². The first-order valence-corrected chi connectivity index (χ1v) is 10.9. The number of pyridine rings is 1. The van der Waals surface area contributed by atoms with Gasteiger partial charge in [0, 0.05) is 24.0 Å². The summed E-state index contributed by atoms with van der Waals surface area (Å²) >= 11 is 0. The van der Waals surface area contributed by atoms with Crippen LogP contribution in [0.2, 0.25) is 0 Å². The number of nitriles is 1. The largest absolute Gasteiger partial charge is 0.489 e. The van der Waals surface area contributed by atoms with Crippen molar-refractivity contribution in [2.45, 2.75) is 27.1 Å². The first-order chi connectivity index (χ1) is 16.6. The lowest BCUT2D eigenvalue weighted by molar-refractivity contribution is 0.111. The number of hydrogen-bond acceptors (Lipinski definition) is 5. The van der Waals surface area contributed by atoms with Crippen molar-refractivity contribution in [3.8, 4) is 28.7 Å². The van der Waals surface area contributed by atoms with E-state index in [4.69, 9.17) is 9.47 Å². The molecule has 1 aromatic heterocycles. The quantitative estimate of drug-likeness (QED) is 0.300. The Kier molecular flexibility index (Phi) is 7.00. The number of aromatic nitrogens is 1. The Morgan fingerprint density at radius 2 is 1.68 bits per heavy atom. The Labute approximate surface area is 199 Å². The monoisotopic (exact) mass is 448 g/mol. The zero-order valence-electron chi connectivity index (χ0n) is 19.1. The number of carbonyl (C=O) groups excluding carboxylic acids is 1. The van der Waals surface area contributed by atoms with Crippen molar-refractivity contribution < 1.29 is 14.3 Å². The van der Waals surface area contributed by atoms with Gasteiger partial charge in [0.05, 0.1) is 11.1 Å². The molecule has 0 atom stereocenters. The zero-order valence-corrected chi connectivity index (χ0v) is 19.1. The van der Waals surface area contributed by atoms with E-state index in [1.165, 1.54) is 11.8 Å². The molecule has 5 nitrogen and oxygen atoms in total. The predicted octanol–water partition coefficient (Wildman–Crippen LogP) is 6.21. The molecule has 4 aromatic rings. The molecule has 0 saturated carbocycles. The normalized spacial score (nSPS) is 10.4. The summed E-state index contributed by atoms with van der Waals surface area (Å²) in [5, 5.41) is 9.21. The van der Waals surface area contributed by atoms with Crippen LogP contribution in [0.25, 0.3) is 11.1 Å². The lowest BCUT2D eigenvalue weighted by atomic mass is 9.97. The van der Waals surface area contributed by atoms with E-state index >= 15 is 0 Å². The molecule has 168 valence electrons. The Bertz CT molecular complexity index is 1360. The van der Waals surface area contributed by atoms with Crippen molar-refractivity contribution in [1.82, 2.24) is 4.98 Å². The number of rotatable bonds is 8. The van der Waals surface area contributed by atoms with Gasteiger partial charge in [0.1, 0.15) is 30.8 Å². The molecule has 0 aliphatic heterocycles. The summed E-state index contributed by atoms with van der Waals surface area (Å²) in [6.07, 6.45) is 3.95. The van der Waals surface area contributed by atoms with E-state index in [0.29, 0.717) is 29.2 Å². The lowest BCUT2D eigenvalue weighted by Crippen LogP contribution is -2.03. The number of aldehydes is 1.